The third-order valence-electron chi connectivity index (χ3n) is 3.22. The van der Waals surface area contributed by atoms with Gasteiger partial charge in [-0.3, -0.25) is 4.79 Å². The van der Waals surface area contributed by atoms with E-state index >= 15 is 0 Å². The Morgan fingerprint density at radius 2 is 2.27 bits per heavy atom. The summed E-state index contributed by atoms with van der Waals surface area (Å²) in [5.74, 6) is 0.175. The van der Waals surface area contributed by atoms with Crippen molar-refractivity contribution >= 4 is 44.5 Å². The lowest BCUT2D eigenvalue weighted by atomic mass is 9.93. The molecule has 1 atom stereocenters. The van der Waals surface area contributed by atoms with E-state index in [1.807, 2.05) is 22.2 Å². The van der Waals surface area contributed by atoms with Crippen LogP contribution < -0.4 is 5.32 Å². The molecule has 1 amide bonds. The molecular weight excluding hydrogens is 386 g/mol. The van der Waals surface area contributed by atoms with Crippen molar-refractivity contribution in [3.8, 4) is 0 Å². The zero-order valence-corrected chi connectivity index (χ0v) is 14.5. The molecule has 3 rings (SSSR count). The van der Waals surface area contributed by atoms with Crippen LogP contribution in [-0.4, -0.2) is 17.6 Å². The second kappa shape index (κ2) is 6.37. The Morgan fingerprint density at radius 1 is 1.41 bits per heavy atom. The van der Waals surface area contributed by atoms with Crippen molar-refractivity contribution in [1.29, 1.82) is 0 Å². The van der Waals surface area contributed by atoms with Gasteiger partial charge in [-0.25, -0.2) is 0 Å². The molecule has 7 heteroatoms. The van der Waals surface area contributed by atoms with Crippen LogP contribution in [0.25, 0.3) is 0 Å². The van der Waals surface area contributed by atoms with Crippen LogP contribution in [0.15, 0.2) is 55.6 Å². The number of halogens is 1. The maximum Gasteiger partial charge on any atom is 0.261 e. The van der Waals surface area contributed by atoms with Crippen molar-refractivity contribution in [1.82, 2.24) is 5.32 Å². The average molecular weight is 398 g/mol. The van der Waals surface area contributed by atoms with Gasteiger partial charge >= 0.3 is 0 Å². The van der Waals surface area contributed by atoms with Gasteiger partial charge in [-0.2, -0.15) is 11.3 Å². The van der Waals surface area contributed by atoms with Gasteiger partial charge in [-0.1, -0.05) is 0 Å². The molecule has 0 aliphatic rings. The summed E-state index contributed by atoms with van der Waals surface area (Å²) in [7, 11) is 0. The first-order valence-corrected chi connectivity index (χ1v) is 9.02. The molecule has 22 heavy (non-hydrogen) atoms. The van der Waals surface area contributed by atoms with Gasteiger partial charge in [0.2, 0.25) is 0 Å². The van der Waals surface area contributed by atoms with Crippen LogP contribution in [0, 0.1) is 0 Å². The zero-order valence-electron chi connectivity index (χ0n) is 11.3. The van der Waals surface area contributed by atoms with E-state index in [0.29, 0.717) is 16.2 Å². The second-order valence-electron chi connectivity index (χ2n) is 4.66. The summed E-state index contributed by atoms with van der Waals surface area (Å²) in [6, 6.07) is 6.98. The molecule has 3 heterocycles. The molecule has 3 aromatic heterocycles. The lowest BCUT2D eigenvalue weighted by Gasteiger charge is -2.25. The van der Waals surface area contributed by atoms with Gasteiger partial charge < -0.3 is 14.8 Å². The predicted molar refractivity (Wildman–Crippen MR) is 90.4 cm³/mol. The molecule has 0 saturated heterocycles. The minimum Gasteiger partial charge on any atom is -0.466 e. The Hall–Kier alpha value is -1.41. The molecule has 0 unspecified atom stereocenters. The fraction of sp³-hybridized carbons (Fsp3) is 0.133. The number of nitrogens with one attached hydrogen (secondary N) is 1. The highest BCUT2D eigenvalue weighted by Crippen LogP contribution is 2.31. The first-order chi connectivity index (χ1) is 10.6. The van der Waals surface area contributed by atoms with Gasteiger partial charge in [0.15, 0.2) is 5.60 Å². The lowest BCUT2D eigenvalue weighted by molar-refractivity contribution is 0.0530. The van der Waals surface area contributed by atoms with Gasteiger partial charge in [-0.15, -0.1) is 11.3 Å². The Balaban J connectivity index is 1.81. The van der Waals surface area contributed by atoms with Crippen molar-refractivity contribution in [2.24, 2.45) is 0 Å². The van der Waals surface area contributed by atoms with Crippen LogP contribution >= 0.6 is 38.6 Å². The normalized spacial score (nSPS) is 13.7. The van der Waals surface area contributed by atoms with Crippen molar-refractivity contribution in [2.75, 3.05) is 6.54 Å². The van der Waals surface area contributed by atoms with E-state index in [1.54, 1.807) is 18.2 Å². The number of rotatable bonds is 5. The lowest BCUT2D eigenvalue weighted by Crippen LogP contribution is -2.41. The van der Waals surface area contributed by atoms with E-state index in [9.17, 15) is 9.90 Å². The molecule has 0 aliphatic carbocycles. The van der Waals surface area contributed by atoms with E-state index in [1.165, 1.54) is 28.9 Å². The number of furan rings is 1. The largest absolute Gasteiger partial charge is 0.466 e. The summed E-state index contributed by atoms with van der Waals surface area (Å²) in [5.41, 5.74) is -0.687. The highest BCUT2D eigenvalue weighted by atomic mass is 79.9. The highest BCUT2D eigenvalue weighted by molar-refractivity contribution is 9.10. The maximum absolute atomic E-state index is 12.2. The van der Waals surface area contributed by atoms with Gasteiger partial charge in [-0.05, 0) is 51.0 Å². The fourth-order valence-corrected chi connectivity index (χ4v) is 4.14. The smallest absolute Gasteiger partial charge is 0.261 e. The Kier molecular flexibility index (Phi) is 4.49. The first kappa shape index (κ1) is 15.5. The number of hydrogen-bond donors (Lipinski definition) is 2. The number of carbonyl (C=O) groups excluding carboxylic acids is 1. The Morgan fingerprint density at radius 3 is 2.86 bits per heavy atom. The number of thiophene rings is 2. The minimum absolute atomic E-state index is 0.0333. The molecule has 2 N–H and O–H groups in total. The number of amides is 1. The van der Waals surface area contributed by atoms with Crippen LogP contribution in [0.5, 0.6) is 0 Å². The first-order valence-electron chi connectivity index (χ1n) is 6.41. The third-order valence-corrected chi connectivity index (χ3v) is 5.60. The summed E-state index contributed by atoms with van der Waals surface area (Å²) >= 11 is 6.14. The molecule has 0 aromatic carbocycles. The van der Waals surface area contributed by atoms with E-state index in [4.69, 9.17) is 4.42 Å². The van der Waals surface area contributed by atoms with Crippen molar-refractivity contribution in [2.45, 2.75) is 5.60 Å². The van der Waals surface area contributed by atoms with Gasteiger partial charge in [0, 0.05) is 15.4 Å². The molecule has 0 bridgehead atoms. The van der Waals surface area contributed by atoms with Crippen LogP contribution in [-0.2, 0) is 5.60 Å². The van der Waals surface area contributed by atoms with E-state index < -0.39 is 5.60 Å². The van der Waals surface area contributed by atoms with E-state index in [0.717, 1.165) is 4.47 Å². The van der Waals surface area contributed by atoms with E-state index in [2.05, 4.69) is 21.2 Å². The van der Waals surface area contributed by atoms with Gasteiger partial charge in [0.05, 0.1) is 17.7 Å². The SMILES string of the molecule is O=C(NC[C@@](O)(c1ccsc1)c1ccco1)c1cc(Br)cs1. The second-order valence-corrected chi connectivity index (χ2v) is 7.27. The van der Waals surface area contributed by atoms with Crippen molar-refractivity contribution < 1.29 is 14.3 Å². The maximum atomic E-state index is 12.2. The summed E-state index contributed by atoms with van der Waals surface area (Å²) in [6.07, 6.45) is 1.50. The monoisotopic (exact) mass is 397 g/mol. The molecule has 4 nitrogen and oxygen atoms in total. The number of hydrogen-bond acceptors (Lipinski definition) is 5. The predicted octanol–water partition coefficient (Wildman–Crippen LogP) is 3.83. The van der Waals surface area contributed by atoms with Crippen LogP contribution in [0.3, 0.4) is 0 Å². The molecule has 0 radical (unpaired) electrons. The standard InChI is InChI=1S/C15H12BrNO3S2/c16-11-6-12(22-8-11)14(18)17-9-15(19,10-3-5-21-7-10)13-2-1-4-20-13/h1-8,19H,9H2,(H,17,18)/t15-/m1/s1. The summed E-state index contributed by atoms with van der Waals surface area (Å²) in [5, 5.41) is 19.4. The van der Waals surface area contributed by atoms with Crippen molar-refractivity contribution in [3.05, 3.63) is 67.3 Å². The topological polar surface area (TPSA) is 62.5 Å². The van der Waals surface area contributed by atoms with Crippen LogP contribution in [0.2, 0.25) is 0 Å². The highest BCUT2D eigenvalue weighted by Gasteiger charge is 2.35. The molecule has 3 aromatic rings. The Bertz CT molecular complexity index is 715. The summed E-state index contributed by atoms with van der Waals surface area (Å²) in [6.45, 7) is 0.0333. The van der Waals surface area contributed by atoms with Gasteiger partial charge in [0.25, 0.3) is 5.91 Å². The van der Waals surface area contributed by atoms with Crippen molar-refractivity contribution in [3.63, 3.8) is 0 Å². The molecule has 0 fully saturated rings. The molecule has 0 saturated carbocycles. The Labute approximate surface area is 143 Å². The third kappa shape index (κ3) is 3.03. The fourth-order valence-electron chi connectivity index (χ4n) is 2.07. The molecular formula is C15H12BrNO3S2. The average Bonchev–Trinajstić information content (AvgIpc) is 3.24. The summed E-state index contributed by atoms with van der Waals surface area (Å²) in [4.78, 5) is 12.8. The van der Waals surface area contributed by atoms with Crippen LogP contribution in [0.1, 0.15) is 21.0 Å². The van der Waals surface area contributed by atoms with E-state index in [-0.39, 0.29) is 12.5 Å². The molecule has 114 valence electrons. The molecule has 0 spiro atoms. The van der Waals surface area contributed by atoms with Crippen LogP contribution in [0.4, 0.5) is 0 Å². The minimum atomic E-state index is -1.38. The van der Waals surface area contributed by atoms with Gasteiger partial charge in [0.1, 0.15) is 5.76 Å². The quantitative estimate of drug-likeness (QED) is 0.687. The zero-order chi connectivity index (χ0) is 15.6. The summed E-state index contributed by atoms with van der Waals surface area (Å²) < 4.78 is 6.23. The number of aliphatic hydroxyl groups is 1. The number of carbonyl (C=O) groups is 1. The molecule has 0 aliphatic heterocycles.